The van der Waals surface area contributed by atoms with Crippen LogP contribution in [0.3, 0.4) is 0 Å². The predicted molar refractivity (Wildman–Crippen MR) is 51.6 cm³/mol. The number of hydrogen-bond acceptors (Lipinski definition) is 2. The van der Waals surface area contributed by atoms with Crippen LogP contribution in [0.4, 0.5) is 0 Å². The molecule has 0 amide bonds. The van der Waals surface area contributed by atoms with Crippen LogP contribution < -0.4 is 5.32 Å². The van der Waals surface area contributed by atoms with Crippen LogP contribution in [-0.2, 0) is 0 Å². The second-order valence-corrected chi connectivity index (χ2v) is 4.00. The molecule has 0 radical (unpaired) electrons. The molecule has 2 fully saturated rings. The maximum Gasteiger partial charge on any atom is 0.0700 e. The highest BCUT2D eigenvalue weighted by Gasteiger charge is 2.39. The van der Waals surface area contributed by atoms with Crippen molar-refractivity contribution in [2.75, 3.05) is 13.1 Å². The first-order valence-corrected chi connectivity index (χ1v) is 4.74. The van der Waals surface area contributed by atoms with E-state index in [1.165, 1.54) is 19.3 Å². The minimum atomic E-state index is -0.288. The van der Waals surface area contributed by atoms with E-state index in [2.05, 4.69) is 5.32 Å². The molecule has 3 heteroatoms. The van der Waals surface area contributed by atoms with Crippen LogP contribution in [0, 0.1) is 5.92 Å². The fourth-order valence-electron chi connectivity index (χ4n) is 2.50. The maximum absolute atomic E-state index is 10.2. The van der Waals surface area contributed by atoms with Crippen molar-refractivity contribution in [1.29, 1.82) is 0 Å². The molecule has 1 saturated carbocycles. The molecule has 2 aliphatic rings. The third-order valence-corrected chi connectivity index (χ3v) is 3.30. The van der Waals surface area contributed by atoms with E-state index in [0.29, 0.717) is 5.92 Å². The van der Waals surface area contributed by atoms with Crippen LogP contribution in [0.25, 0.3) is 0 Å². The van der Waals surface area contributed by atoms with E-state index < -0.39 is 0 Å². The topological polar surface area (TPSA) is 32.3 Å². The Hall–Kier alpha value is 0.210. The molecule has 1 aliphatic heterocycles. The highest BCUT2D eigenvalue weighted by Crippen LogP contribution is 2.37. The Morgan fingerprint density at radius 2 is 2.08 bits per heavy atom. The Morgan fingerprint density at radius 3 is 2.83 bits per heavy atom. The van der Waals surface area contributed by atoms with Gasteiger partial charge < -0.3 is 10.4 Å². The predicted octanol–water partition coefficient (Wildman–Crippen LogP) is 1.32. The summed E-state index contributed by atoms with van der Waals surface area (Å²) in [5.74, 6) is 0.546. The zero-order valence-corrected chi connectivity index (χ0v) is 8.20. The molecule has 12 heavy (non-hydrogen) atoms. The van der Waals surface area contributed by atoms with Gasteiger partial charge in [-0.15, -0.1) is 12.4 Å². The SMILES string of the molecule is Cl.O[C@@]12CCCCC1CNCC2. The van der Waals surface area contributed by atoms with E-state index in [4.69, 9.17) is 0 Å². The van der Waals surface area contributed by atoms with Crippen LogP contribution in [-0.4, -0.2) is 23.8 Å². The lowest BCUT2D eigenvalue weighted by molar-refractivity contribution is -0.0671. The summed E-state index contributed by atoms with van der Waals surface area (Å²) in [7, 11) is 0. The third kappa shape index (κ3) is 1.76. The van der Waals surface area contributed by atoms with Gasteiger partial charge in [-0.2, -0.15) is 0 Å². The summed E-state index contributed by atoms with van der Waals surface area (Å²) in [5, 5.41) is 13.5. The van der Waals surface area contributed by atoms with E-state index in [1.807, 2.05) is 0 Å². The largest absolute Gasteiger partial charge is 0.390 e. The first-order valence-electron chi connectivity index (χ1n) is 4.74. The van der Waals surface area contributed by atoms with Crippen LogP contribution in [0.15, 0.2) is 0 Å². The second-order valence-electron chi connectivity index (χ2n) is 4.00. The van der Waals surface area contributed by atoms with Crippen molar-refractivity contribution < 1.29 is 5.11 Å². The molecule has 0 aromatic carbocycles. The minimum Gasteiger partial charge on any atom is -0.390 e. The highest BCUT2D eigenvalue weighted by molar-refractivity contribution is 5.85. The summed E-state index contributed by atoms with van der Waals surface area (Å²) in [6, 6.07) is 0. The number of fused-ring (bicyclic) bond motifs is 1. The minimum absolute atomic E-state index is 0. The molecule has 2 rings (SSSR count). The van der Waals surface area contributed by atoms with Crippen molar-refractivity contribution in [2.24, 2.45) is 5.92 Å². The molecular formula is C9H18ClNO. The van der Waals surface area contributed by atoms with Crippen LogP contribution >= 0.6 is 12.4 Å². The van der Waals surface area contributed by atoms with Gasteiger partial charge in [-0.05, 0) is 25.8 Å². The number of nitrogens with one attached hydrogen (secondary N) is 1. The Morgan fingerprint density at radius 1 is 1.25 bits per heavy atom. The Bertz CT molecular complexity index is 139. The molecule has 0 aromatic heterocycles. The zero-order valence-electron chi connectivity index (χ0n) is 7.38. The van der Waals surface area contributed by atoms with Gasteiger partial charge in [0, 0.05) is 12.5 Å². The van der Waals surface area contributed by atoms with E-state index in [1.54, 1.807) is 0 Å². The van der Waals surface area contributed by atoms with Crippen molar-refractivity contribution in [3.8, 4) is 0 Å². The Labute approximate surface area is 80.1 Å². The number of hydrogen-bond donors (Lipinski definition) is 2. The number of piperidine rings is 1. The fourth-order valence-corrected chi connectivity index (χ4v) is 2.50. The van der Waals surface area contributed by atoms with Crippen LogP contribution in [0.5, 0.6) is 0 Å². The maximum atomic E-state index is 10.2. The number of rotatable bonds is 0. The van der Waals surface area contributed by atoms with Gasteiger partial charge in [0.1, 0.15) is 0 Å². The zero-order chi connectivity index (χ0) is 7.73. The molecule has 1 saturated heterocycles. The Kier molecular flexibility index (Phi) is 3.38. The van der Waals surface area contributed by atoms with Crippen molar-refractivity contribution in [1.82, 2.24) is 5.32 Å². The summed E-state index contributed by atoms with van der Waals surface area (Å²) < 4.78 is 0. The summed E-state index contributed by atoms with van der Waals surface area (Å²) in [4.78, 5) is 0. The average molecular weight is 192 g/mol. The van der Waals surface area contributed by atoms with Crippen molar-refractivity contribution >= 4 is 12.4 Å². The first kappa shape index (κ1) is 10.3. The lowest BCUT2D eigenvalue weighted by Gasteiger charge is -2.43. The van der Waals surface area contributed by atoms with Crippen molar-refractivity contribution in [3.63, 3.8) is 0 Å². The molecule has 1 heterocycles. The van der Waals surface area contributed by atoms with Gasteiger partial charge in [-0.25, -0.2) is 0 Å². The molecule has 0 bridgehead atoms. The van der Waals surface area contributed by atoms with Gasteiger partial charge in [-0.1, -0.05) is 12.8 Å². The van der Waals surface area contributed by atoms with E-state index in [0.717, 1.165) is 25.9 Å². The monoisotopic (exact) mass is 191 g/mol. The third-order valence-electron chi connectivity index (χ3n) is 3.30. The van der Waals surface area contributed by atoms with Gasteiger partial charge >= 0.3 is 0 Å². The lowest BCUT2D eigenvalue weighted by Crippen LogP contribution is -2.51. The fraction of sp³-hybridized carbons (Fsp3) is 1.00. The second kappa shape index (κ2) is 3.95. The van der Waals surface area contributed by atoms with Crippen molar-refractivity contribution in [2.45, 2.75) is 37.7 Å². The highest BCUT2D eigenvalue weighted by atomic mass is 35.5. The van der Waals surface area contributed by atoms with E-state index in [-0.39, 0.29) is 18.0 Å². The molecule has 0 aromatic rings. The molecule has 1 unspecified atom stereocenters. The van der Waals surface area contributed by atoms with Gasteiger partial charge in [0.25, 0.3) is 0 Å². The summed E-state index contributed by atoms with van der Waals surface area (Å²) in [6.45, 7) is 2.05. The lowest BCUT2D eigenvalue weighted by atomic mass is 9.72. The quantitative estimate of drug-likeness (QED) is 0.606. The van der Waals surface area contributed by atoms with E-state index in [9.17, 15) is 5.11 Å². The van der Waals surface area contributed by atoms with Crippen LogP contribution in [0.2, 0.25) is 0 Å². The first-order chi connectivity index (χ1) is 5.31. The number of aliphatic hydroxyl groups is 1. The van der Waals surface area contributed by atoms with Gasteiger partial charge in [0.15, 0.2) is 0 Å². The molecule has 2 atom stereocenters. The molecule has 2 N–H and O–H groups in total. The van der Waals surface area contributed by atoms with Gasteiger partial charge in [0.05, 0.1) is 5.60 Å². The van der Waals surface area contributed by atoms with Gasteiger partial charge in [-0.3, -0.25) is 0 Å². The number of halogens is 1. The molecule has 0 spiro atoms. The average Bonchev–Trinajstić information content (AvgIpc) is 2.03. The smallest absolute Gasteiger partial charge is 0.0700 e. The molecular weight excluding hydrogens is 174 g/mol. The normalized spacial score (nSPS) is 41.2. The Balaban J connectivity index is 0.000000720. The molecule has 1 aliphatic carbocycles. The molecule has 72 valence electrons. The van der Waals surface area contributed by atoms with Gasteiger partial charge in [0.2, 0.25) is 0 Å². The van der Waals surface area contributed by atoms with Crippen LogP contribution in [0.1, 0.15) is 32.1 Å². The summed E-state index contributed by atoms with van der Waals surface area (Å²) >= 11 is 0. The summed E-state index contributed by atoms with van der Waals surface area (Å²) in [5.41, 5.74) is -0.288. The standard InChI is InChI=1S/C9H17NO.ClH/c11-9-4-2-1-3-8(9)7-10-6-5-9;/h8,10-11H,1-7H2;1H/t8?,9-;/m1./s1. The molecule has 2 nitrogen and oxygen atoms in total. The van der Waals surface area contributed by atoms with Crippen molar-refractivity contribution in [3.05, 3.63) is 0 Å². The van der Waals surface area contributed by atoms with E-state index >= 15 is 0 Å². The summed E-state index contributed by atoms with van der Waals surface area (Å²) in [6.07, 6.45) is 5.78.